The van der Waals surface area contributed by atoms with Crippen LogP contribution in [0.5, 0.6) is 0 Å². The van der Waals surface area contributed by atoms with Crippen LogP contribution in [0, 0.1) is 5.82 Å². The smallest absolute Gasteiger partial charge is 0.282 e. The van der Waals surface area contributed by atoms with Crippen LogP contribution in [0.1, 0.15) is 24.1 Å². The number of hydrogen-bond donors (Lipinski definition) is 2. The van der Waals surface area contributed by atoms with E-state index in [4.69, 9.17) is 23.2 Å². The summed E-state index contributed by atoms with van der Waals surface area (Å²) in [5, 5.41) is 5.55. The lowest BCUT2D eigenvalue weighted by Gasteiger charge is -2.33. The van der Waals surface area contributed by atoms with E-state index in [1.165, 1.54) is 30.5 Å². The van der Waals surface area contributed by atoms with Crippen LogP contribution in [0.25, 0.3) is 6.08 Å². The molecule has 1 amide bonds. The average Bonchev–Trinajstić information content (AvgIpc) is 3.34. The van der Waals surface area contributed by atoms with Crippen LogP contribution in [0.4, 0.5) is 10.1 Å². The summed E-state index contributed by atoms with van der Waals surface area (Å²) in [6.45, 7) is 1.85. The van der Waals surface area contributed by atoms with Crippen molar-refractivity contribution in [1.82, 2.24) is 19.4 Å². The van der Waals surface area contributed by atoms with Gasteiger partial charge in [0, 0.05) is 32.2 Å². The van der Waals surface area contributed by atoms with E-state index in [-0.39, 0.29) is 30.9 Å². The van der Waals surface area contributed by atoms with Gasteiger partial charge in [-0.2, -0.15) is 17.0 Å². The van der Waals surface area contributed by atoms with E-state index in [2.05, 4.69) is 10.7 Å². The molecule has 0 radical (unpaired) electrons. The summed E-state index contributed by atoms with van der Waals surface area (Å²) in [6.07, 6.45) is 1.79. The van der Waals surface area contributed by atoms with Gasteiger partial charge in [-0.3, -0.25) is 9.80 Å². The molecule has 2 aliphatic rings. The Balaban J connectivity index is 1.64. The van der Waals surface area contributed by atoms with E-state index < -0.39 is 16.3 Å². The number of nitrogens with one attached hydrogen (secondary N) is 2. The quantitative estimate of drug-likeness (QED) is 0.377. The Morgan fingerprint density at radius 3 is 2.40 bits per heavy atom. The van der Waals surface area contributed by atoms with Crippen molar-refractivity contribution >= 4 is 51.1 Å². The number of amides is 1. The van der Waals surface area contributed by atoms with Crippen molar-refractivity contribution in [2.75, 3.05) is 32.2 Å². The van der Waals surface area contributed by atoms with Crippen molar-refractivity contribution in [3.05, 3.63) is 117 Å². The zero-order chi connectivity index (χ0) is 30.2. The molecule has 42 heavy (non-hydrogen) atoms. The van der Waals surface area contributed by atoms with E-state index in [9.17, 15) is 17.6 Å². The molecule has 0 saturated heterocycles. The fourth-order valence-electron chi connectivity index (χ4n) is 5.04. The van der Waals surface area contributed by atoms with Gasteiger partial charge in [0.2, 0.25) is 5.91 Å². The first kappa shape index (κ1) is 30.2. The SMILES string of the molecule is C[C@@H](NC(=O)C1NN(c2ccc(Cl)cc2Cl)C2=C1CN(S(=O)(=O)N(C)C)C/C2=C\c1ccc(F)cc1)c1ccccc1. The molecule has 0 aliphatic carbocycles. The summed E-state index contributed by atoms with van der Waals surface area (Å²) >= 11 is 12.8. The van der Waals surface area contributed by atoms with Crippen LogP contribution in [0.3, 0.4) is 0 Å². The number of carbonyl (C=O) groups is 1. The second-order valence-electron chi connectivity index (χ2n) is 10.3. The van der Waals surface area contributed by atoms with Crippen molar-refractivity contribution in [2.24, 2.45) is 0 Å². The first-order valence-electron chi connectivity index (χ1n) is 13.2. The molecule has 2 atom stereocenters. The highest BCUT2D eigenvalue weighted by Gasteiger charge is 2.44. The molecule has 12 heteroatoms. The second-order valence-corrected chi connectivity index (χ2v) is 13.3. The minimum absolute atomic E-state index is 0.00880. The number of benzene rings is 3. The Kier molecular flexibility index (Phi) is 8.75. The van der Waals surface area contributed by atoms with Gasteiger partial charge in [0.15, 0.2) is 0 Å². The summed E-state index contributed by atoms with van der Waals surface area (Å²) in [7, 11) is -0.953. The molecule has 1 unspecified atom stereocenters. The minimum Gasteiger partial charge on any atom is -0.348 e. The molecular weight excluding hydrogens is 600 g/mol. The Bertz CT molecular complexity index is 1660. The normalized spacial score (nSPS) is 19.4. The molecule has 0 fully saturated rings. The number of rotatable bonds is 7. The van der Waals surface area contributed by atoms with E-state index in [1.54, 1.807) is 41.4 Å². The number of hydrogen-bond acceptors (Lipinski definition) is 5. The molecule has 0 aromatic heterocycles. The zero-order valence-corrected chi connectivity index (χ0v) is 25.5. The standard InChI is InChI=1S/C30H30Cl2FN5O3S/c1-19(21-7-5-4-6-8-21)34-30(39)28-25-18-37(42(40,41)36(2)3)17-22(15-20-9-12-24(33)13-10-20)29(25)38(35-28)27-14-11-23(31)16-26(27)32/h4-16,19,28,35H,17-18H2,1-3H3,(H,34,39)/b22-15+/t19-,28?/m1/s1. The minimum atomic E-state index is -3.87. The van der Waals surface area contributed by atoms with Gasteiger partial charge >= 0.3 is 0 Å². The van der Waals surface area contributed by atoms with Gasteiger partial charge < -0.3 is 5.32 Å². The molecule has 3 aromatic carbocycles. The van der Waals surface area contributed by atoms with Gasteiger partial charge in [-0.05, 0) is 65.6 Å². The predicted octanol–water partition coefficient (Wildman–Crippen LogP) is 5.16. The molecule has 2 N–H and O–H groups in total. The largest absolute Gasteiger partial charge is 0.348 e. The Morgan fingerprint density at radius 2 is 1.76 bits per heavy atom. The Hall–Kier alpha value is -3.25. The maximum Gasteiger partial charge on any atom is 0.282 e. The predicted molar refractivity (Wildman–Crippen MR) is 164 cm³/mol. The van der Waals surface area contributed by atoms with Crippen molar-refractivity contribution in [3.63, 3.8) is 0 Å². The summed E-state index contributed by atoms with van der Waals surface area (Å²) in [5.41, 5.74) is 7.15. The van der Waals surface area contributed by atoms with Crippen LogP contribution in [0.2, 0.25) is 10.0 Å². The molecule has 220 valence electrons. The lowest BCUT2D eigenvalue weighted by Crippen LogP contribution is -2.49. The number of nitrogens with zero attached hydrogens (tertiary/aromatic N) is 3. The fourth-order valence-corrected chi connectivity index (χ4v) is 6.60. The number of carbonyl (C=O) groups excluding carboxylic acids is 1. The van der Waals surface area contributed by atoms with Crippen LogP contribution in [-0.4, -0.2) is 56.2 Å². The summed E-state index contributed by atoms with van der Waals surface area (Å²) in [6, 6.07) is 19.2. The number of anilines is 1. The maximum atomic E-state index is 13.9. The van der Waals surface area contributed by atoms with Crippen molar-refractivity contribution in [2.45, 2.75) is 19.0 Å². The summed E-state index contributed by atoms with van der Waals surface area (Å²) in [5.74, 6) is -0.726. The van der Waals surface area contributed by atoms with Gasteiger partial charge in [0.25, 0.3) is 10.2 Å². The van der Waals surface area contributed by atoms with Gasteiger partial charge in [-0.15, -0.1) is 0 Å². The summed E-state index contributed by atoms with van der Waals surface area (Å²) < 4.78 is 42.9. The molecule has 0 saturated carbocycles. The Morgan fingerprint density at radius 1 is 1.07 bits per heavy atom. The van der Waals surface area contributed by atoms with Crippen molar-refractivity contribution in [3.8, 4) is 0 Å². The van der Waals surface area contributed by atoms with Gasteiger partial charge in [0.05, 0.1) is 22.4 Å². The molecule has 5 rings (SSSR count). The molecule has 0 bridgehead atoms. The third-order valence-corrected chi connectivity index (χ3v) is 9.57. The molecular formula is C30H30Cl2FN5O3S. The third kappa shape index (κ3) is 6.10. The topological polar surface area (TPSA) is 85.0 Å². The van der Waals surface area contributed by atoms with Crippen molar-refractivity contribution < 1.29 is 17.6 Å². The number of hydrazine groups is 1. The van der Waals surface area contributed by atoms with Gasteiger partial charge in [-0.1, -0.05) is 65.7 Å². The highest BCUT2D eigenvalue weighted by atomic mass is 35.5. The summed E-state index contributed by atoms with van der Waals surface area (Å²) in [4.78, 5) is 13.9. The lowest BCUT2D eigenvalue weighted by atomic mass is 9.96. The van der Waals surface area contributed by atoms with Crippen LogP contribution in [-0.2, 0) is 15.0 Å². The Labute approximate surface area is 255 Å². The fraction of sp³-hybridized carbons (Fsp3) is 0.233. The highest BCUT2D eigenvalue weighted by Crippen LogP contribution is 2.40. The van der Waals surface area contributed by atoms with Gasteiger partial charge in [0.1, 0.15) is 11.9 Å². The molecule has 0 spiro atoms. The van der Waals surface area contributed by atoms with Crippen LogP contribution >= 0.6 is 23.2 Å². The zero-order valence-electron chi connectivity index (χ0n) is 23.2. The maximum absolute atomic E-state index is 13.9. The van der Waals surface area contributed by atoms with E-state index in [1.807, 2.05) is 37.3 Å². The van der Waals surface area contributed by atoms with Crippen LogP contribution in [0.15, 0.2) is 89.6 Å². The first-order valence-corrected chi connectivity index (χ1v) is 15.3. The molecule has 8 nitrogen and oxygen atoms in total. The first-order chi connectivity index (χ1) is 20.0. The molecule has 3 aromatic rings. The molecule has 2 heterocycles. The van der Waals surface area contributed by atoms with Crippen molar-refractivity contribution in [1.29, 1.82) is 0 Å². The third-order valence-electron chi connectivity index (χ3n) is 7.20. The molecule has 2 aliphatic heterocycles. The van der Waals surface area contributed by atoms with E-state index in [0.29, 0.717) is 38.1 Å². The number of halogens is 3. The highest BCUT2D eigenvalue weighted by molar-refractivity contribution is 7.86. The van der Waals surface area contributed by atoms with E-state index >= 15 is 0 Å². The monoisotopic (exact) mass is 629 g/mol. The van der Waals surface area contributed by atoms with Gasteiger partial charge in [-0.25, -0.2) is 9.82 Å². The average molecular weight is 631 g/mol. The van der Waals surface area contributed by atoms with Crippen LogP contribution < -0.4 is 15.8 Å². The lowest BCUT2D eigenvalue weighted by molar-refractivity contribution is -0.122. The van der Waals surface area contributed by atoms with E-state index in [0.717, 1.165) is 9.87 Å². The second kappa shape index (κ2) is 12.2.